The molecule has 0 aliphatic carbocycles. The zero-order valence-corrected chi connectivity index (χ0v) is 11.7. The van der Waals surface area contributed by atoms with Crippen LogP contribution in [0, 0.1) is 0 Å². The van der Waals surface area contributed by atoms with E-state index in [0.717, 1.165) is 35.4 Å². The monoisotopic (exact) mass is 306 g/mol. The van der Waals surface area contributed by atoms with Gasteiger partial charge in [0.2, 0.25) is 0 Å². The van der Waals surface area contributed by atoms with Gasteiger partial charge in [0.15, 0.2) is 0 Å². The molecular formula is C12H16BrClO2. The number of hydrogen-bond donors (Lipinski definition) is 0. The maximum Gasteiger partial charge on any atom is 0.123 e. The van der Waals surface area contributed by atoms with Gasteiger partial charge in [-0.1, -0.05) is 15.9 Å². The van der Waals surface area contributed by atoms with Crippen LogP contribution in [0.3, 0.4) is 0 Å². The molecule has 2 nitrogen and oxygen atoms in total. The molecule has 0 bridgehead atoms. The first kappa shape index (κ1) is 13.8. The maximum atomic E-state index is 5.84. The van der Waals surface area contributed by atoms with Crippen molar-refractivity contribution in [3.05, 3.63) is 28.2 Å². The van der Waals surface area contributed by atoms with Crippen LogP contribution in [0.5, 0.6) is 5.75 Å². The highest BCUT2D eigenvalue weighted by molar-refractivity contribution is 9.10. The van der Waals surface area contributed by atoms with E-state index in [2.05, 4.69) is 15.9 Å². The van der Waals surface area contributed by atoms with Gasteiger partial charge in [-0.2, -0.15) is 0 Å². The molecule has 1 rings (SSSR count). The summed E-state index contributed by atoms with van der Waals surface area (Å²) in [5.74, 6) is 1.31. The smallest absolute Gasteiger partial charge is 0.123 e. The summed E-state index contributed by atoms with van der Waals surface area (Å²) >= 11 is 9.25. The summed E-state index contributed by atoms with van der Waals surface area (Å²) in [5.41, 5.74) is 1.01. The van der Waals surface area contributed by atoms with Crippen molar-refractivity contribution in [3.63, 3.8) is 0 Å². The Morgan fingerprint density at radius 1 is 1.31 bits per heavy atom. The number of alkyl halides is 1. The lowest BCUT2D eigenvalue weighted by molar-refractivity contribution is 0.130. The Kier molecular flexibility index (Phi) is 6.85. The molecule has 0 unspecified atom stereocenters. The minimum atomic E-state index is 0.459. The fourth-order valence-corrected chi connectivity index (χ4v) is 1.90. The lowest BCUT2D eigenvalue weighted by Gasteiger charge is -2.10. The van der Waals surface area contributed by atoms with E-state index >= 15 is 0 Å². The second kappa shape index (κ2) is 7.93. The van der Waals surface area contributed by atoms with E-state index in [0.29, 0.717) is 12.5 Å². The van der Waals surface area contributed by atoms with Gasteiger partial charge in [0, 0.05) is 29.7 Å². The Labute approximate surface area is 110 Å². The molecule has 0 atom stereocenters. The van der Waals surface area contributed by atoms with Crippen LogP contribution >= 0.6 is 27.5 Å². The van der Waals surface area contributed by atoms with Crippen molar-refractivity contribution >= 4 is 27.5 Å². The van der Waals surface area contributed by atoms with E-state index in [4.69, 9.17) is 21.1 Å². The first-order valence-corrected chi connectivity index (χ1v) is 6.65. The molecule has 0 aliphatic heterocycles. The standard InChI is InChI=1S/C12H16BrClO2/c1-2-15-6-3-7-16-12-5-4-11(13)8-10(12)9-14/h4-5,8H,2-3,6-7,9H2,1H3. The maximum absolute atomic E-state index is 5.84. The molecule has 0 saturated heterocycles. The van der Waals surface area contributed by atoms with E-state index in [1.165, 1.54) is 0 Å². The fourth-order valence-electron chi connectivity index (χ4n) is 1.28. The van der Waals surface area contributed by atoms with Crippen molar-refractivity contribution in [1.29, 1.82) is 0 Å². The Morgan fingerprint density at radius 2 is 2.12 bits per heavy atom. The van der Waals surface area contributed by atoms with Crippen LogP contribution in [-0.4, -0.2) is 19.8 Å². The highest BCUT2D eigenvalue weighted by Gasteiger charge is 2.03. The summed E-state index contributed by atoms with van der Waals surface area (Å²) < 4.78 is 11.9. The van der Waals surface area contributed by atoms with Crippen molar-refractivity contribution < 1.29 is 9.47 Å². The first-order valence-electron chi connectivity index (χ1n) is 5.33. The minimum absolute atomic E-state index is 0.459. The van der Waals surface area contributed by atoms with Gasteiger partial charge in [-0.15, -0.1) is 11.6 Å². The quantitative estimate of drug-likeness (QED) is 0.560. The molecule has 0 saturated carbocycles. The van der Waals surface area contributed by atoms with E-state index in [-0.39, 0.29) is 0 Å². The molecule has 0 aromatic heterocycles. The van der Waals surface area contributed by atoms with Crippen LogP contribution < -0.4 is 4.74 Å². The van der Waals surface area contributed by atoms with Gasteiger partial charge < -0.3 is 9.47 Å². The van der Waals surface area contributed by atoms with Crippen LogP contribution in [0.2, 0.25) is 0 Å². The van der Waals surface area contributed by atoms with E-state index in [9.17, 15) is 0 Å². The average molecular weight is 308 g/mol. The van der Waals surface area contributed by atoms with Crippen molar-refractivity contribution in [2.75, 3.05) is 19.8 Å². The summed E-state index contributed by atoms with van der Waals surface area (Å²) in [6.45, 7) is 4.14. The summed E-state index contributed by atoms with van der Waals surface area (Å²) in [5, 5.41) is 0. The molecule has 0 N–H and O–H groups in total. The molecule has 0 amide bonds. The zero-order chi connectivity index (χ0) is 11.8. The molecule has 90 valence electrons. The third-order valence-electron chi connectivity index (χ3n) is 2.06. The molecule has 0 radical (unpaired) electrons. The van der Waals surface area contributed by atoms with Gasteiger partial charge in [-0.25, -0.2) is 0 Å². The Bertz CT molecular complexity index is 318. The van der Waals surface area contributed by atoms with Crippen molar-refractivity contribution in [1.82, 2.24) is 0 Å². The zero-order valence-electron chi connectivity index (χ0n) is 9.34. The fraction of sp³-hybridized carbons (Fsp3) is 0.500. The number of rotatable bonds is 7. The molecule has 0 fully saturated rings. The van der Waals surface area contributed by atoms with Crippen LogP contribution in [0.1, 0.15) is 18.9 Å². The molecular weight excluding hydrogens is 291 g/mol. The molecule has 16 heavy (non-hydrogen) atoms. The number of benzene rings is 1. The van der Waals surface area contributed by atoms with Crippen LogP contribution in [0.25, 0.3) is 0 Å². The Hall–Kier alpha value is -0.250. The summed E-state index contributed by atoms with van der Waals surface area (Å²) in [4.78, 5) is 0. The van der Waals surface area contributed by atoms with Gasteiger partial charge in [0.25, 0.3) is 0 Å². The van der Waals surface area contributed by atoms with E-state index in [1.54, 1.807) is 0 Å². The van der Waals surface area contributed by atoms with E-state index < -0.39 is 0 Å². The first-order chi connectivity index (χ1) is 7.77. The van der Waals surface area contributed by atoms with Gasteiger partial charge >= 0.3 is 0 Å². The van der Waals surface area contributed by atoms with Gasteiger partial charge in [0.05, 0.1) is 12.5 Å². The number of hydrogen-bond acceptors (Lipinski definition) is 2. The molecule has 0 heterocycles. The Balaban J connectivity index is 2.41. The van der Waals surface area contributed by atoms with Gasteiger partial charge in [-0.3, -0.25) is 0 Å². The van der Waals surface area contributed by atoms with Crippen molar-refractivity contribution in [3.8, 4) is 5.75 Å². The van der Waals surface area contributed by atoms with Crippen LogP contribution in [0.15, 0.2) is 22.7 Å². The molecule has 0 aliphatic rings. The molecule has 4 heteroatoms. The minimum Gasteiger partial charge on any atom is -0.493 e. The van der Waals surface area contributed by atoms with Crippen LogP contribution in [-0.2, 0) is 10.6 Å². The summed E-state index contributed by atoms with van der Waals surface area (Å²) in [6.07, 6.45) is 0.894. The number of halogens is 2. The predicted octanol–water partition coefficient (Wildman–Crippen LogP) is 3.99. The summed E-state index contributed by atoms with van der Waals surface area (Å²) in [7, 11) is 0. The number of ether oxygens (including phenoxy) is 2. The molecule has 0 spiro atoms. The largest absolute Gasteiger partial charge is 0.493 e. The van der Waals surface area contributed by atoms with Gasteiger partial charge in [0.1, 0.15) is 5.75 Å². The summed E-state index contributed by atoms with van der Waals surface area (Å²) in [6, 6.07) is 5.86. The normalized spacial score (nSPS) is 10.4. The van der Waals surface area contributed by atoms with Gasteiger partial charge in [-0.05, 0) is 25.1 Å². The third kappa shape index (κ3) is 4.73. The lowest BCUT2D eigenvalue weighted by atomic mass is 10.2. The Morgan fingerprint density at radius 3 is 2.81 bits per heavy atom. The van der Waals surface area contributed by atoms with Crippen LogP contribution in [0.4, 0.5) is 0 Å². The highest BCUT2D eigenvalue weighted by atomic mass is 79.9. The highest BCUT2D eigenvalue weighted by Crippen LogP contribution is 2.24. The predicted molar refractivity (Wildman–Crippen MR) is 70.3 cm³/mol. The second-order valence-corrected chi connectivity index (χ2v) is 4.47. The second-order valence-electron chi connectivity index (χ2n) is 3.28. The average Bonchev–Trinajstić information content (AvgIpc) is 2.30. The third-order valence-corrected chi connectivity index (χ3v) is 2.84. The van der Waals surface area contributed by atoms with Crippen molar-refractivity contribution in [2.45, 2.75) is 19.2 Å². The lowest BCUT2D eigenvalue weighted by Crippen LogP contribution is -2.04. The molecule has 1 aromatic carbocycles. The van der Waals surface area contributed by atoms with Crippen molar-refractivity contribution in [2.24, 2.45) is 0 Å². The SMILES string of the molecule is CCOCCCOc1ccc(Br)cc1CCl. The topological polar surface area (TPSA) is 18.5 Å². The molecule has 1 aromatic rings. The van der Waals surface area contributed by atoms with E-state index in [1.807, 2.05) is 25.1 Å².